The van der Waals surface area contributed by atoms with Gasteiger partial charge in [0.1, 0.15) is 5.78 Å². The Bertz CT molecular complexity index is 421. The first kappa shape index (κ1) is 15.0. The van der Waals surface area contributed by atoms with Crippen molar-refractivity contribution in [2.24, 2.45) is 0 Å². The highest BCUT2D eigenvalue weighted by Gasteiger charge is 2.30. The Morgan fingerprint density at radius 1 is 1.35 bits per heavy atom. The van der Waals surface area contributed by atoms with Crippen LogP contribution in [0.3, 0.4) is 0 Å². The molecule has 0 fully saturated rings. The number of halogens is 5. The summed E-state index contributed by atoms with van der Waals surface area (Å²) in [5.74, 6) is -0.0738. The highest BCUT2D eigenvalue weighted by molar-refractivity contribution is 9.10. The molecular weight excluding hydrogens is 385 g/mol. The highest BCUT2D eigenvalue weighted by Crippen LogP contribution is 2.40. The van der Waals surface area contributed by atoms with E-state index in [1.165, 1.54) is 12.1 Å². The lowest BCUT2D eigenvalue weighted by atomic mass is 10.1. The lowest BCUT2D eigenvalue weighted by Gasteiger charge is -2.09. The Balaban J connectivity index is 2.90. The van der Waals surface area contributed by atoms with Gasteiger partial charge in [0.05, 0.1) is 5.33 Å². The molecular formula is C10H7Br2F3OS. The van der Waals surface area contributed by atoms with Gasteiger partial charge in [-0.3, -0.25) is 4.79 Å². The van der Waals surface area contributed by atoms with Gasteiger partial charge in [-0.2, -0.15) is 13.2 Å². The van der Waals surface area contributed by atoms with Crippen molar-refractivity contribution in [3.8, 4) is 0 Å². The third-order valence-corrected chi connectivity index (χ3v) is 4.14. The van der Waals surface area contributed by atoms with Crippen LogP contribution in [0.4, 0.5) is 13.2 Å². The molecule has 0 aliphatic rings. The van der Waals surface area contributed by atoms with Gasteiger partial charge in [0.15, 0.2) is 0 Å². The maximum absolute atomic E-state index is 12.2. The monoisotopic (exact) mass is 390 g/mol. The van der Waals surface area contributed by atoms with E-state index in [4.69, 9.17) is 0 Å². The van der Waals surface area contributed by atoms with E-state index in [0.717, 1.165) is 0 Å². The number of hydrogen-bond acceptors (Lipinski definition) is 2. The van der Waals surface area contributed by atoms with Crippen LogP contribution in [0, 0.1) is 0 Å². The third kappa shape index (κ3) is 5.44. The van der Waals surface area contributed by atoms with Crippen molar-refractivity contribution in [1.82, 2.24) is 0 Å². The molecule has 0 radical (unpaired) electrons. The Hall–Kier alpha value is -0.0100. The first-order valence-corrected chi connectivity index (χ1v) is 7.17. The van der Waals surface area contributed by atoms with Crippen LogP contribution in [0.2, 0.25) is 0 Å². The van der Waals surface area contributed by atoms with Crippen molar-refractivity contribution in [2.75, 3.05) is 5.33 Å². The maximum atomic E-state index is 12.2. The molecule has 7 heteroatoms. The van der Waals surface area contributed by atoms with E-state index in [2.05, 4.69) is 31.9 Å². The van der Waals surface area contributed by atoms with E-state index >= 15 is 0 Å². The molecule has 94 valence electrons. The summed E-state index contributed by atoms with van der Waals surface area (Å²) >= 11 is 5.87. The predicted octanol–water partition coefficient (Wildman–Crippen LogP) is 4.57. The fraction of sp³-hybridized carbons (Fsp3) is 0.300. The van der Waals surface area contributed by atoms with Gasteiger partial charge >= 0.3 is 5.51 Å². The normalized spacial score (nSPS) is 11.6. The molecule has 1 nitrogen and oxygen atoms in total. The molecule has 1 aromatic rings. The number of carbonyl (C=O) groups is 1. The average Bonchev–Trinajstić information content (AvgIpc) is 2.21. The van der Waals surface area contributed by atoms with Crippen LogP contribution in [-0.4, -0.2) is 16.6 Å². The molecule has 0 heterocycles. The summed E-state index contributed by atoms with van der Waals surface area (Å²) in [6.07, 6.45) is 0.129. The molecule has 0 unspecified atom stereocenters. The number of hydrogen-bond donors (Lipinski definition) is 0. The number of thioether (sulfide) groups is 1. The van der Waals surface area contributed by atoms with Crippen molar-refractivity contribution in [1.29, 1.82) is 0 Å². The molecule has 0 saturated carbocycles. The molecule has 0 aliphatic heterocycles. The summed E-state index contributed by atoms with van der Waals surface area (Å²) in [6, 6.07) is 4.53. The van der Waals surface area contributed by atoms with Crippen molar-refractivity contribution in [3.05, 3.63) is 28.2 Å². The number of rotatable bonds is 4. The number of Topliss-reactive ketones (excluding diaryl/α,β-unsaturated/α-hetero) is 1. The lowest BCUT2D eigenvalue weighted by molar-refractivity contribution is -0.115. The largest absolute Gasteiger partial charge is 0.446 e. The third-order valence-electron chi connectivity index (χ3n) is 1.77. The summed E-state index contributed by atoms with van der Waals surface area (Å²) in [5.41, 5.74) is -3.76. The van der Waals surface area contributed by atoms with E-state index in [1.807, 2.05) is 0 Å². The van der Waals surface area contributed by atoms with Gasteiger partial charge in [0.2, 0.25) is 0 Å². The number of carbonyl (C=O) groups excluding carboxylic acids is 1. The Labute approximate surface area is 117 Å². The summed E-state index contributed by atoms with van der Waals surface area (Å²) in [6.45, 7) is 0. The molecule has 0 amide bonds. The molecule has 1 rings (SSSR count). The minimum absolute atomic E-state index is 0.0670. The van der Waals surface area contributed by atoms with Gasteiger partial charge in [-0.1, -0.05) is 22.0 Å². The highest BCUT2D eigenvalue weighted by atomic mass is 79.9. The second kappa shape index (κ2) is 6.24. The minimum atomic E-state index is -4.33. The summed E-state index contributed by atoms with van der Waals surface area (Å²) in [4.78, 5) is 11.2. The van der Waals surface area contributed by atoms with Gasteiger partial charge in [-0.25, -0.2) is 0 Å². The van der Waals surface area contributed by atoms with Crippen LogP contribution in [0.1, 0.15) is 5.56 Å². The zero-order valence-corrected chi connectivity index (χ0v) is 12.3. The Kier molecular flexibility index (Phi) is 5.53. The second-order valence-corrected chi connectivity index (χ2v) is 5.68. The Morgan fingerprint density at radius 3 is 2.53 bits per heavy atom. The Morgan fingerprint density at radius 2 is 2.00 bits per heavy atom. The van der Waals surface area contributed by atoms with E-state index in [9.17, 15) is 18.0 Å². The van der Waals surface area contributed by atoms with Gasteiger partial charge in [-0.05, 0) is 45.4 Å². The van der Waals surface area contributed by atoms with Crippen LogP contribution in [-0.2, 0) is 11.2 Å². The van der Waals surface area contributed by atoms with Gasteiger partial charge in [0.25, 0.3) is 0 Å². The molecule has 0 N–H and O–H groups in total. The van der Waals surface area contributed by atoms with Gasteiger partial charge < -0.3 is 0 Å². The smallest absolute Gasteiger partial charge is 0.298 e. The summed E-state index contributed by atoms with van der Waals surface area (Å²) < 4.78 is 37.1. The van der Waals surface area contributed by atoms with Crippen molar-refractivity contribution >= 4 is 49.4 Å². The fourth-order valence-electron chi connectivity index (χ4n) is 1.14. The first-order chi connectivity index (χ1) is 7.81. The number of alkyl halides is 4. The minimum Gasteiger partial charge on any atom is -0.298 e. The molecule has 0 saturated heterocycles. The molecule has 0 aromatic heterocycles. The zero-order chi connectivity index (χ0) is 13.1. The van der Waals surface area contributed by atoms with E-state index < -0.39 is 5.51 Å². The lowest BCUT2D eigenvalue weighted by Crippen LogP contribution is -2.04. The van der Waals surface area contributed by atoms with Crippen LogP contribution in [0.5, 0.6) is 0 Å². The average molecular weight is 392 g/mol. The molecule has 0 atom stereocenters. The van der Waals surface area contributed by atoms with Gasteiger partial charge in [-0.15, -0.1) is 0 Å². The van der Waals surface area contributed by atoms with Crippen molar-refractivity contribution in [2.45, 2.75) is 16.8 Å². The predicted molar refractivity (Wildman–Crippen MR) is 68.6 cm³/mol. The topological polar surface area (TPSA) is 17.1 Å². The maximum Gasteiger partial charge on any atom is 0.446 e. The summed E-state index contributed by atoms with van der Waals surface area (Å²) in [5, 5.41) is 0.199. The molecule has 17 heavy (non-hydrogen) atoms. The molecule has 0 bridgehead atoms. The second-order valence-electron chi connectivity index (χ2n) is 3.16. The molecule has 0 aliphatic carbocycles. The SMILES string of the molecule is O=C(CBr)Cc1ccc(Br)c(SC(F)(F)F)c1. The van der Waals surface area contributed by atoms with Crippen LogP contribution < -0.4 is 0 Å². The van der Waals surface area contributed by atoms with E-state index in [-0.39, 0.29) is 34.2 Å². The van der Waals surface area contributed by atoms with Crippen molar-refractivity contribution in [3.63, 3.8) is 0 Å². The zero-order valence-electron chi connectivity index (χ0n) is 8.35. The fourth-order valence-corrected chi connectivity index (χ4v) is 2.45. The molecule has 0 spiro atoms. The van der Waals surface area contributed by atoms with Crippen LogP contribution in [0.15, 0.2) is 27.6 Å². The quantitative estimate of drug-likeness (QED) is 0.552. The number of ketones is 1. The molecule has 1 aromatic carbocycles. The van der Waals surface area contributed by atoms with Crippen LogP contribution >= 0.6 is 43.6 Å². The standard InChI is InChI=1S/C10H7Br2F3OS/c11-5-7(16)3-6-1-2-8(12)9(4-6)17-10(13,14)15/h1-2,4H,3,5H2. The first-order valence-electron chi connectivity index (χ1n) is 4.43. The number of benzene rings is 1. The summed E-state index contributed by atoms with van der Waals surface area (Å²) in [7, 11) is 0. The van der Waals surface area contributed by atoms with E-state index in [0.29, 0.717) is 10.0 Å². The van der Waals surface area contributed by atoms with Gasteiger partial charge in [0, 0.05) is 15.8 Å². The van der Waals surface area contributed by atoms with Crippen LogP contribution in [0.25, 0.3) is 0 Å². The van der Waals surface area contributed by atoms with Crippen molar-refractivity contribution < 1.29 is 18.0 Å². The van der Waals surface area contributed by atoms with E-state index in [1.54, 1.807) is 6.07 Å².